The van der Waals surface area contributed by atoms with Crippen LogP contribution in [0.2, 0.25) is 5.02 Å². The average Bonchev–Trinajstić information content (AvgIpc) is 2.38. The van der Waals surface area contributed by atoms with Crippen molar-refractivity contribution in [3.63, 3.8) is 0 Å². The van der Waals surface area contributed by atoms with Crippen molar-refractivity contribution in [2.45, 2.75) is 25.7 Å². The molecular weight excluding hydrogens is 246 g/mol. The van der Waals surface area contributed by atoms with E-state index in [-0.39, 0.29) is 5.78 Å². The normalized spacial score (nSPS) is 17.9. The highest BCUT2D eigenvalue weighted by molar-refractivity contribution is 6.33. The predicted octanol–water partition coefficient (Wildman–Crippen LogP) is 3.64. The Hall–Kier alpha value is -0.860. The summed E-state index contributed by atoms with van der Waals surface area (Å²) in [4.78, 5) is 14.4. The van der Waals surface area contributed by atoms with Crippen LogP contribution in [0.3, 0.4) is 0 Å². The lowest BCUT2D eigenvalue weighted by Gasteiger charge is -2.28. The number of rotatable bonds is 4. The molecule has 18 heavy (non-hydrogen) atoms. The van der Waals surface area contributed by atoms with Gasteiger partial charge < -0.3 is 4.90 Å². The molecule has 0 aliphatic carbocycles. The molecule has 0 radical (unpaired) electrons. The molecule has 1 aliphatic heterocycles. The van der Waals surface area contributed by atoms with Crippen molar-refractivity contribution in [1.82, 2.24) is 4.90 Å². The maximum absolute atomic E-state index is 12.1. The summed E-state index contributed by atoms with van der Waals surface area (Å²) < 4.78 is 0. The largest absolute Gasteiger partial charge is 0.306 e. The highest BCUT2D eigenvalue weighted by atomic mass is 35.5. The minimum Gasteiger partial charge on any atom is -0.306 e. The number of hydrogen-bond acceptors (Lipinski definition) is 2. The Morgan fingerprint density at radius 1 is 1.33 bits per heavy atom. The summed E-state index contributed by atoms with van der Waals surface area (Å²) in [5.74, 6) is 0.882. The molecule has 0 atom stereocenters. The van der Waals surface area contributed by atoms with Gasteiger partial charge in [0.1, 0.15) is 0 Å². The van der Waals surface area contributed by atoms with Crippen LogP contribution in [0.25, 0.3) is 0 Å². The summed E-state index contributed by atoms with van der Waals surface area (Å²) in [5.41, 5.74) is 0.673. The molecule has 1 aromatic carbocycles. The van der Waals surface area contributed by atoms with E-state index in [4.69, 9.17) is 11.6 Å². The fourth-order valence-electron chi connectivity index (χ4n) is 2.51. The highest BCUT2D eigenvalue weighted by Gasteiger charge is 2.18. The number of carbonyl (C=O) groups is 1. The monoisotopic (exact) mass is 265 g/mol. The van der Waals surface area contributed by atoms with E-state index < -0.39 is 0 Å². The molecular formula is C15H20ClNO. The van der Waals surface area contributed by atoms with E-state index in [1.54, 1.807) is 6.07 Å². The van der Waals surface area contributed by atoms with Crippen LogP contribution in [0.4, 0.5) is 0 Å². The lowest BCUT2D eigenvalue weighted by atomic mass is 9.90. The maximum Gasteiger partial charge on any atom is 0.164 e. The van der Waals surface area contributed by atoms with Crippen molar-refractivity contribution in [1.29, 1.82) is 0 Å². The first kappa shape index (κ1) is 13.6. The number of hydrogen-bond donors (Lipinski definition) is 0. The van der Waals surface area contributed by atoms with Gasteiger partial charge in [-0.25, -0.2) is 0 Å². The Morgan fingerprint density at radius 2 is 2.00 bits per heavy atom. The average molecular weight is 266 g/mol. The van der Waals surface area contributed by atoms with Gasteiger partial charge in [-0.05, 0) is 57.5 Å². The fraction of sp³-hybridized carbons (Fsp3) is 0.533. The van der Waals surface area contributed by atoms with Gasteiger partial charge in [0.25, 0.3) is 0 Å². The first-order valence-electron chi connectivity index (χ1n) is 6.63. The topological polar surface area (TPSA) is 20.3 Å². The minimum atomic E-state index is 0.180. The summed E-state index contributed by atoms with van der Waals surface area (Å²) >= 11 is 6.03. The van der Waals surface area contributed by atoms with Crippen LogP contribution < -0.4 is 0 Å². The highest BCUT2D eigenvalue weighted by Crippen LogP contribution is 2.23. The summed E-state index contributed by atoms with van der Waals surface area (Å²) in [6.07, 6.45) is 4.05. The summed E-state index contributed by atoms with van der Waals surface area (Å²) in [6.45, 7) is 2.32. The molecule has 0 N–H and O–H groups in total. The molecule has 2 rings (SSSR count). The third-order valence-electron chi connectivity index (χ3n) is 3.79. The number of carbonyl (C=O) groups excluding carboxylic acids is 1. The summed E-state index contributed by atoms with van der Waals surface area (Å²) in [7, 11) is 2.16. The second-order valence-corrected chi connectivity index (χ2v) is 5.60. The van der Waals surface area contributed by atoms with Gasteiger partial charge in [-0.2, -0.15) is 0 Å². The van der Waals surface area contributed by atoms with E-state index in [2.05, 4.69) is 11.9 Å². The molecule has 0 bridgehead atoms. The van der Waals surface area contributed by atoms with Gasteiger partial charge in [-0.1, -0.05) is 23.7 Å². The zero-order valence-corrected chi connectivity index (χ0v) is 11.6. The SMILES string of the molecule is CN1CCC(CCC(=O)c2ccccc2Cl)CC1. The third kappa shape index (κ3) is 3.56. The molecule has 1 aliphatic rings. The molecule has 0 unspecified atom stereocenters. The Kier molecular flexibility index (Phi) is 4.79. The molecule has 1 fully saturated rings. The van der Waals surface area contributed by atoms with Crippen LogP contribution in [0.5, 0.6) is 0 Å². The van der Waals surface area contributed by atoms with Crippen molar-refractivity contribution in [3.05, 3.63) is 34.9 Å². The van der Waals surface area contributed by atoms with Gasteiger partial charge in [0.2, 0.25) is 0 Å². The van der Waals surface area contributed by atoms with Crippen molar-refractivity contribution in [3.8, 4) is 0 Å². The van der Waals surface area contributed by atoms with Crippen LogP contribution in [-0.2, 0) is 0 Å². The maximum atomic E-state index is 12.1. The van der Waals surface area contributed by atoms with E-state index in [1.807, 2.05) is 18.2 Å². The minimum absolute atomic E-state index is 0.180. The second kappa shape index (κ2) is 6.35. The van der Waals surface area contributed by atoms with E-state index >= 15 is 0 Å². The standard InChI is InChI=1S/C15H20ClNO/c1-17-10-8-12(9-11-17)6-7-15(18)13-4-2-3-5-14(13)16/h2-5,12H,6-11H2,1H3. The summed E-state index contributed by atoms with van der Waals surface area (Å²) in [6, 6.07) is 7.33. The molecule has 2 nitrogen and oxygen atoms in total. The van der Waals surface area contributed by atoms with Crippen molar-refractivity contribution in [2.75, 3.05) is 20.1 Å². The second-order valence-electron chi connectivity index (χ2n) is 5.19. The fourth-order valence-corrected chi connectivity index (χ4v) is 2.75. The number of benzene rings is 1. The van der Waals surface area contributed by atoms with Crippen molar-refractivity contribution < 1.29 is 4.79 Å². The molecule has 98 valence electrons. The molecule has 0 aromatic heterocycles. The quantitative estimate of drug-likeness (QED) is 0.775. The zero-order valence-electron chi connectivity index (χ0n) is 10.9. The lowest BCUT2D eigenvalue weighted by molar-refractivity contribution is 0.0965. The van der Waals surface area contributed by atoms with Crippen molar-refractivity contribution in [2.24, 2.45) is 5.92 Å². The van der Waals surface area contributed by atoms with E-state index in [0.29, 0.717) is 22.9 Å². The van der Waals surface area contributed by atoms with Crippen LogP contribution in [-0.4, -0.2) is 30.8 Å². The molecule has 0 spiro atoms. The number of ketones is 1. The van der Waals surface area contributed by atoms with Crippen molar-refractivity contribution >= 4 is 17.4 Å². The number of nitrogens with zero attached hydrogens (tertiary/aromatic N) is 1. The molecule has 3 heteroatoms. The first-order valence-corrected chi connectivity index (χ1v) is 7.01. The third-order valence-corrected chi connectivity index (χ3v) is 4.12. The van der Waals surface area contributed by atoms with E-state index in [9.17, 15) is 4.79 Å². The van der Waals surface area contributed by atoms with Gasteiger partial charge in [0.05, 0.1) is 5.02 Å². The number of likely N-dealkylation sites (tertiary alicyclic amines) is 1. The molecule has 0 amide bonds. The van der Waals surface area contributed by atoms with E-state index in [1.165, 1.54) is 12.8 Å². The zero-order chi connectivity index (χ0) is 13.0. The predicted molar refractivity (Wildman–Crippen MR) is 75.2 cm³/mol. The molecule has 1 heterocycles. The lowest BCUT2D eigenvalue weighted by Crippen LogP contribution is -2.30. The number of halogens is 1. The Balaban J connectivity index is 1.84. The smallest absolute Gasteiger partial charge is 0.164 e. The van der Waals surface area contributed by atoms with Crippen LogP contribution in [0.1, 0.15) is 36.0 Å². The van der Waals surface area contributed by atoms with Gasteiger partial charge in [-0.3, -0.25) is 4.79 Å². The van der Waals surface area contributed by atoms with Crippen LogP contribution in [0, 0.1) is 5.92 Å². The Bertz CT molecular complexity index is 411. The van der Waals surface area contributed by atoms with Gasteiger partial charge in [-0.15, -0.1) is 0 Å². The molecule has 1 saturated heterocycles. The number of Topliss-reactive ketones (excluding diaryl/α,β-unsaturated/α-hetero) is 1. The summed E-state index contributed by atoms with van der Waals surface area (Å²) in [5, 5.41) is 0.575. The molecule has 1 aromatic rings. The van der Waals surface area contributed by atoms with Gasteiger partial charge in [0.15, 0.2) is 5.78 Å². The van der Waals surface area contributed by atoms with Gasteiger partial charge >= 0.3 is 0 Å². The first-order chi connectivity index (χ1) is 8.66. The number of piperidine rings is 1. The Labute approximate surface area is 114 Å². The van der Waals surface area contributed by atoms with Crippen LogP contribution in [0.15, 0.2) is 24.3 Å². The Morgan fingerprint density at radius 3 is 2.67 bits per heavy atom. The van der Waals surface area contributed by atoms with E-state index in [0.717, 1.165) is 19.5 Å². The van der Waals surface area contributed by atoms with Gasteiger partial charge in [0, 0.05) is 12.0 Å². The van der Waals surface area contributed by atoms with Crippen LogP contribution >= 0.6 is 11.6 Å². The molecule has 0 saturated carbocycles.